The molecule has 0 radical (unpaired) electrons. The third kappa shape index (κ3) is 28.2. The summed E-state index contributed by atoms with van der Waals surface area (Å²) in [5, 5.41) is 23.4. The van der Waals surface area contributed by atoms with Crippen LogP contribution in [0, 0.1) is 20.8 Å². The van der Waals surface area contributed by atoms with Crippen LogP contribution < -0.4 is 33.7 Å². The molecule has 0 atom stereocenters. The Labute approximate surface area is 841 Å². The number of hydrogen-bond donors (Lipinski definition) is 1. The Morgan fingerprint density at radius 2 is 0.697 bits per heavy atom. The molecular formula is C114H119F3N16O12. The van der Waals surface area contributed by atoms with Crippen molar-refractivity contribution in [2.24, 2.45) is 0 Å². The first-order chi connectivity index (χ1) is 70.4. The minimum absolute atomic E-state index is 0.0521. The van der Waals surface area contributed by atoms with Crippen molar-refractivity contribution in [2.75, 3.05) is 99.3 Å². The molecule has 0 unspecified atom stereocenters. The molecule has 0 saturated carbocycles. The number of likely N-dealkylation sites (tertiary alicyclic amines) is 2. The molecule has 0 bridgehead atoms. The topological polar surface area (TPSA) is 305 Å². The molecule has 2 saturated heterocycles. The Balaban J connectivity index is 0.000000137. The van der Waals surface area contributed by atoms with Gasteiger partial charge in [0.15, 0.2) is 23.0 Å². The molecule has 2 aliphatic rings. The summed E-state index contributed by atoms with van der Waals surface area (Å²) in [5.74, 6) is 8.57. The molecule has 19 rings (SSSR count). The second-order valence-electron chi connectivity index (χ2n) is 35.1. The predicted octanol–water partition coefficient (Wildman–Crippen LogP) is 25.0. The second kappa shape index (κ2) is 50.2. The fourth-order valence-electron chi connectivity index (χ4n) is 16.4. The van der Waals surface area contributed by atoms with Crippen LogP contribution >= 0.6 is 0 Å². The van der Waals surface area contributed by atoms with E-state index < -0.39 is 11.7 Å². The lowest BCUT2D eigenvalue weighted by molar-refractivity contribution is -0.137. The van der Waals surface area contributed by atoms with Gasteiger partial charge in [0.1, 0.15) is 11.5 Å². The molecule has 2 aliphatic heterocycles. The number of hydrogen-bond acceptors (Lipinski definition) is 27. The predicted molar refractivity (Wildman–Crippen MR) is 554 cm³/mol. The molecule has 2 fully saturated rings. The number of benzene rings is 11. The Morgan fingerprint density at radius 1 is 0.338 bits per heavy atom. The van der Waals surface area contributed by atoms with Gasteiger partial charge in [0.25, 0.3) is 35.4 Å². The minimum atomic E-state index is -4.52. The smallest absolute Gasteiger partial charge is 0.417 e. The fourth-order valence-corrected chi connectivity index (χ4v) is 16.4. The maximum atomic E-state index is 13.8. The van der Waals surface area contributed by atoms with Crippen LogP contribution in [-0.4, -0.2) is 175 Å². The SMILES string of the molecule is CCOc1cc(-c2nc(-c3ccc(CN(C)C)cc3)no2)ccc1C.CCOc1cc(-c2nc(-c3ccc(CN4CCCC4)cc3)no2)ccc1C.CCOc1ccc(-c2nc(-c3ccc(C(=O)Nc4ccncc4)cc3C)no2)cc1OCC.CCOc1ccc(-c2nc(-c3cccc(CN(C)C)c3)no2)cc1OCC.FC(F)(F)c1cc(-c2nc(-c3ccc(CN4CCCC4)cc3)no2)ccc1-c1ccccc1. The van der Waals surface area contributed by atoms with Crippen molar-refractivity contribution in [2.45, 2.75) is 120 Å². The van der Waals surface area contributed by atoms with E-state index in [1.807, 2.05) is 204 Å². The van der Waals surface area contributed by atoms with Gasteiger partial charge in [-0.15, -0.1) is 0 Å². The lowest BCUT2D eigenvalue weighted by Gasteiger charge is -2.14. The summed E-state index contributed by atoms with van der Waals surface area (Å²) in [4.78, 5) is 48.2. The van der Waals surface area contributed by atoms with Gasteiger partial charge >= 0.3 is 6.18 Å². The number of carbonyl (C=O) groups excluding carboxylic acids is 1. The van der Waals surface area contributed by atoms with Gasteiger partial charge in [-0.2, -0.15) is 38.1 Å². The van der Waals surface area contributed by atoms with Crippen molar-refractivity contribution in [3.8, 4) is 160 Å². The highest BCUT2D eigenvalue weighted by Crippen LogP contribution is 2.42. The fraction of sp³-hybridized carbons (Fsp3) is 0.281. The lowest BCUT2D eigenvalue weighted by Crippen LogP contribution is -2.18. The summed E-state index contributed by atoms with van der Waals surface area (Å²) >= 11 is 0. The summed E-state index contributed by atoms with van der Waals surface area (Å²) in [6.45, 7) is 29.4. The number of aromatic nitrogens is 11. The number of nitrogens with zero attached hydrogens (tertiary/aromatic N) is 15. The molecule has 17 aromatic rings. The number of amides is 1. The van der Waals surface area contributed by atoms with E-state index in [0.29, 0.717) is 132 Å². The third-order valence-electron chi connectivity index (χ3n) is 23.5. The normalized spacial score (nSPS) is 12.4. The Kier molecular flexibility index (Phi) is 35.9. The molecule has 145 heavy (non-hydrogen) atoms. The highest BCUT2D eigenvalue weighted by atomic mass is 19.4. The molecule has 8 heterocycles. The first-order valence-electron chi connectivity index (χ1n) is 48.6. The van der Waals surface area contributed by atoms with Crippen LogP contribution in [0.5, 0.6) is 34.5 Å². The molecule has 748 valence electrons. The van der Waals surface area contributed by atoms with Crippen LogP contribution in [-0.2, 0) is 32.4 Å². The van der Waals surface area contributed by atoms with Crippen molar-refractivity contribution in [3.05, 3.63) is 311 Å². The highest BCUT2D eigenvalue weighted by Gasteiger charge is 2.35. The molecule has 0 spiro atoms. The maximum absolute atomic E-state index is 13.8. The number of pyridine rings is 1. The quantitative estimate of drug-likeness (QED) is 0.0399. The van der Waals surface area contributed by atoms with Crippen molar-refractivity contribution >= 4 is 11.6 Å². The van der Waals surface area contributed by atoms with Crippen LogP contribution in [0.3, 0.4) is 0 Å². The number of anilines is 1. The van der Waals surface area contributed by atoms with E-state index in [2.05, 4.69) is 143 Å². The Bertz CT molecular complexity index is 7040. The lowest BCUT2D eigenvalue weighted by atomic mass is 9.97. The van der Waals surface area contributed by atoms with Crippen molar-refractivity contribution in [1.29, 1.82) is 0 Å². The molecule has 1 amide bonds. The molecule has 1 N–H and O–H groups in total. The van der Waals surface area contributed by atoms with E-state index in [1.165, 1.54) is 67.1 Å². The van der Waals surface area contributed by atoms with Crippen molar-refractivity contribution < 1.29 is 69.0 Å². The summed E-state index contributed by atoms with van der Waals surface area (Å²) in [6, 6.07) is 77.1. The van der Waals surface area contributed by atoms with Gasteiger partial charge < -0.3 is 66.2 Å². The van der Waals surface area contributed by atoms with Crippen molar-refractivity contribution in [3.63, 3.8) is 0 Å². The van der Waals surface area contributed by atoms with Crippen LogP contribution in [0.2, 0.25) is 0 Å². The van der Waals surface area contributed by atoms with Gasteiger partial charge in [0, 0.05) is 105 Å². The van der Waals surface area contributed by atoms with E-state index >= 15 is 0 Å². The average Bonchev–Trinajstić information content (AvgIpc) is 1.72. The molecular weight excluding hydrogens is 1840 g/mol. The number of ether oxygens (including phenoxy) is 6. The van der Waals surface area contributed by atoms with Crippen LogP contribution in [0.1, 0.15) is 122 Å². The Hall–Kier alpha value is -15.8. The number of carbonyl (C=O) groups is 1. The Morgan fingerprint density at radius 3 is 1.12 bits per heavy atom. The molecule has 31 heteroatoms. The standard InChI is InChI=1S/C26H22F3N3O.C25H24N4O4.C22H25N3O2.C21H25N3O3.C20H23N3O2/c27-26(28,29)23-16-21(12-13-22(23)19-6-2-1-3-7-19)25-30-24(31-33-25)20-10-8-18(9-11-20)17-32-14-4-5-15-32;1-4-31-21-9-7-18(15-22(21)32-5-2)25-28-23(29-33-25)20-8-6-17(14-16(20)3)24(30)27-19-10-12-26-13-11-19;1-3-26-20-14-19(9-6-16(20)2)22-23-21(24-27-22)18-10-7-17(8-11-18)15-25-12-4-5-13-25;1-5-25-18-11-10-17(13-19(18)26-6-2)21-22-20(23-27-21)16-9-7-8-15(12-16)14-24(3)4;1-5-24-18-12-17(9-6-14(18)2)20-21-19(22-25-20)16-10-7-15(8-11-16)13-23(3)4/h1-3,6-13,16H,4-5,14-15,17H2;6-15H,4-5H2,1-3H3,(H,26,27,30);6-11,14H,3-5,12-13,15H2,1-2H3;7-13H,5-6,14H2,1-4H3;6-12H,5,13H2,1-4H3. The van der Waals surface area contributed by atoms with Gasteiger partial charge in [0.05, 0.1) is 45.2 Å². The number of halogens is 3. The van der Waals surface area contributed by atoms with Gasteiger partial charge in [-0.05, 0) is 296 Å². The van der Waals surface area contributed by atoms with E-state index in [4.69, 9.17) is 51.0 Å². The summed E-state index contributed by atoms with van der Waals surface area (Å²) in [7, 11) is 8.19. The summed E-state index contributed by atoms with van der Waals surface area (Å²) in [5.41, 5.74) is 16.9. The maximum Gasteiger partial charge on any atom is 0.417 e. The first kappa shape index (κ1) is 104. The molecule has 6 aromatic heterocycles. The van der Waals surface area contributed by atoms with Crippen LogP contribution in [0.25, 0.3) is 125 Å². The van der Waals surface area contributed by atoms with Gasteiger partial charge in [-0.3, -0.25) is 19.6 Å². The zero-order chi connectivity index (χ0) is 102. The van der Waals surface area contributed by atoms with Gasteiger partial charge in [-0.1, -0.05) is 171 Å². The van der Waals surface area contributed by atoms with E-state index in [-0.39, 0.29) is 22.9 Å². The van der Waals surface area contributed by atoms with E-state index in [9.17, 15) is 18.0 Å². The summed E-state index contributed by atoms with van der Waals surface area (Å²) < 4.78 is 103. The second-order valence-corrected chi connectivity index (χ2v) is 35.1. The zero-order valence-corrected chi connectivity index (χ0v) is 83.8. The van der Waals surface area contributed by atoms with E-state index in [0.717, 1.165) is 124 Å². The van der Waals surface area contributed by atoms with Crippen LogP contribution in [0.15, 0.2) is 284 Å². The van der Waals surface area contributed by atoms with Crippen molar-refractivity contribution in [1.82, 2.24) is 75.3 Å². The van der Waals surface area contributed by atoms with Gasteiger partial charge in [-0.25, -0.2) is 0 Å². The number of aryl methyl sites for hydroxylation is 3. The largest absolute Gasteiger partial charge is 0.494 e. The molecule has 0 aliphatic carbocycles. The minimum Gasteiger partial charge on any atom is -0.494 e. The summed E-state index contributed by atoms with van der Waals surface area (Å²) in [6.07, 6.45) is 3.84. The molecule has 28 nitrogen and oxygen atoms in total. The average molecular weight is 1960 g/mol. The van der Waals surface area contributed by atoms with E-state index in [1.54, 1.807) is 73.1 Å². The zero-order valence-electron chi connectivity index (χ0n) is 83.8. The first-order valence-corrected chi connectivity index (χ1v) is 48.6. The third-order valence-corrected chi connectivity index (χ3v) is 23.5. The number of alkyl halides is 3. The molecule has 11 aromatic carbocycles. The number of nitrogens with one attached hydrogen (secondary N) is 1. The highest BCUT2D eigenvalue weighted by molar-refractivity contribution is 6.04. The monoisotopic (exact) mass is 1960 g/mol. The van der Waals surface area contributed by atoms with Gasteiger partial charge in [0.2, 0.25) is 29.1 Å². The van der Waals surface area contributed by atoms with Crippen LogP contribution in [0.4, 0.5) is 18.9 Å². The number of rotatable bonds is 33.